The first kappa shape index (κ1) is 17.9. The number of nitrogens with one attached hydrogen (secondary N) is 1. The van der Waals surface area contributed by atoms with Crippen molar-refractivity contribution in [3.63, 3.8) is 0 Å². The molecule has 1 rings (SSSR count). The van der Waals surface area contributed by atoms with Crippen LogP contribution in [0.5, 0.6) is 0 Å². The maximum absolute atomic E-state index is 12.5. The minimum atomic E-state index is -1.18. The molecule has 0 aliphatic carbocycles. The fourth-order valence-corrected chi connectivity index (χ4v) is 2.14. The summed E-state index contributed by atoms with van der Waals surface area (Å²) in [5.41, 5.74) is -0.636. The van der Waals surface area contributed by atoms with Gasteiger partial charge in [-0.05, 0) is 32.3 Å². The smallest absolute Gasteiger partial charge is 0.326 e. The molecule has 0 radical (unpaired) electrons. The molecular weight excluding hydrogens is 284 g/mol. The number of carbonyl (C=O) groups excluding carboxylic acids is 1. The Morgan fingerprint density at radius 2 is 1.95 bits per heavy atom. The van der Waals surface area contributed by atoms with Crippen LogP contribution in [0, 0.1) is 12.8 Å². The predicted molar refractivity (Wildman–Crippen MR) is 83.8 cm³/mol. The third-order valence-corrected chi connectivity index (χ3v) is 3.98. The molecule has 1 amide bonds. The summed E-state index contributed by atoms with van der Waals surface area (Å²) in [6.45, 7) is 8.65. The van der Waals surface area contributed by atoms with Crippen molar-refractivity contribution in [3.8, 4) is 0 Å². The van der Waals surface area contributed by atoms with E-state index in [0.29, 0.717) is 6.42 Å². The molecule has 2 unspecified atom stereocenters. The van der Waals surface area contributed by atoms with E-state index in [1.54, 1.807) is 33.0 Å². The van der Waals surface area contributed by atoms with Gasteiger partial charge in [-0.15, -0.1) is 0 Å². The van der Waals surface area contributed by atoms with Crippen LogP contribution in [0.4, 0.5) is 0 Å². The molecule has 0 saturated carbocycles. The lowest BCUT2D eigenvalue weighted by Gasteiger charge is -2.30. The molecule has 0 fully saturated rings. The molecule has 0 bridgehead atoms. The van der Waals surface area contributed by atoms with Crippen molar-refractivity contribution in [2.45, 2.75) is 52.6 Å². The minimum Gasteiger partial charge on any atom is -0.480 e. The van der Waals surface area contributed by atoms with Gasteiger partial charge in [0.2, 0.25) is 5.91 Å². The second kappa shape index (κ2) is 6.77. The summed E-state index contributed by atoms with van der Waals surface area (Å²) in [6, 6.07) is 2.09. The molecule has 1 aromatic heterocycles. The van der Waals surface area contributed by atoms with E-state index in [2.05, 4.69) is 5.32 Å². The molecule has 0 aliphatic rings. The summed E-state index contributed by atoms with van der Waals surface area (Å²) in [6.07, 6.45) is 2.23. The normalized spacial score (nSPS) is 14.2. The predicted octanol–water partition coefficient (Wildman–Crippen LogP) is 1.51. The van der Waals surface area contributed by atoms with Gasteiger partial charge in [-0.25, -0.2) is 4.79 Å². The number of aliphatic carboxylic acids is 1. The quantitative estimate of drug-likeness (QED) is 0.833. The average Bonchev–Trinajstić information content (AvgIpc) is 2.45. The number of aryl methyl sites for hydroxylation is 1. The molecule has 0 aliphatic heterocycles. The van der Waals surface area contributed by atoms with E-state index in [4.69, 9.17) is 0 Å². The molecule has 0 spiro atoms. The summed E-state index contributed by atoms with van der Waals surface area (Å²) in [7, 11) is 0. The Labute approximate surface area is 130 Å². The third-order valence-electron chi connectivity index (χ3n) is 3.98. The number of hydrogen-bond donors (Lipinski definition) is 2. The highest BCUT2D eigenvalue weighted by Crippen LogP contribution is 2.16. The first-order valence-electron chi connectivity index (χ1n) is 7.34. The van der Waals surface area contributed by atoms with E-state index >= 15 is 0 Å². The van der Waals surface area contributed by atoms with Crippen molar-refractivity contribution in [1.82, 2.24) is 9.88 Å². The zero-order valence-corrected chi connectivity index (χ0v) is 13.7. The average molecular weight is 308 g/mol. The highest BCUT2D eigenvalue weighted by Gasteiger charge is 2.35. The SMILES string of the molecule is CCC(C)C(NC(=O)C(C)(C)n1cc(C)ccc1=O)C(=O)O. The number of nitrogens with zero attached hydrogens (tertiary/aromatic N) is 1. The van der Waals surface area contributed by atoms with Crippen LogP contribution in [0.15, 0.2) is 23.1 Å². The van der Waals surface area contributed by atoms with Crippen molar-refractivity contribution in [2.75, 3.05) is 0 Å². The Kier molecular flexibility index (Phi) is 5.52. The van der Waals surface area contributed by atoms with Crippen LogP contribution < -0.4 is 10.9 Å². The molecule has 22 heavy (non-hydrogen) atoms. The summed E-state index contributed by atoms with van der Waals surface area (Å²) >= 11 is 0. The largest absolute Gasteiger partial charge is 0.480 e. The molecular formula is C16H24N2O4. The fraction of sp³-hybridized carbons (Fsp3) is 0.562. The van der Waals surface area contributed by atoms with E-state index in [-0.39, 0.29) is 11.5 Å². The second-order valence-electron chi connectivity index (χ2n) is 6.15. The summed E-state index contributed by atoms with van der Waals surface area (Å²) in [5, 5.41) is 11.8. The highest BCUT2D eigenvalue weighted by atomic mass is 16.4. The second-order valence-corrected chi connectivity index (χ2v) is 6.15. The minimum absolute atomic E-state index is 0.202. The Hall–Kier alpha value is -2.11. The van der Waals surface area contributed by atoms with Crippen LogP contribution in [0.25, 0.3) is 0 Å². The maximum Gasteiger partial charge on any atom is 0.326 e. The molecule has 0 saturated heterocycles. The van der Waals surface area contributed by atoms with Crippen LogP contribution in [-0.2, 0) is 15.1 Å². The third kappa shape index (κ3) is 3.75. The van der Waals surface area contributed by atoms with E-state index in [9.17, 15) is 19.5 Å². The van der Waals surface area contributed by atoms with Crippen LogP contribution >= 0.6 is 0 Å². The lowest BCUT2D eigenvalue weighted by atomic mass is 9.96. The molecule has 2 atom stereocenters. The van der Waals surface area contributed by atoms with Gasteiger partial charge < -0.3 is 15.0 Å². The first-order chi connectivity index (χ1) is 10.1. The number of rotatable bonds is 6. The molecule has 1 aromatic rings. The zero-order chi connectivity index (χ0) is 17.1. The summed E-state index contributed by atoms with van der Waals surface area (Å²) in [4.78, 5) is 35.9. The molecule has 122 valence electrons. The van der Waals surface area contributed by atoms with Crippen molar-refractivity contribution >= 4 is 11.9 Å². The number of amides is 1. The van der Waals surface area contributed by atoms with Gasteiger partial charge in [-0.1, -0.05) is 26.3 Å². The van der Waals surface area contributed by atoms with Gasteiger partial charge in [0, 0.05) is 12.3 Å². The lowest BCUT2D eigenvalue weighted by Crippen LogP contribution is -2.54. The highest BCUT2D eigenvalue weighted by molar-refractivity contribution is 5.88. The van der Waals surface area contributed by atoms with Crippen molar-refractivity contribution in [3.05, 3.63) is 34.2 Å². The van der Waals surface area contributed by atoms with Gasteiger partial charge in [0.25, 0.3) is 5.56 Å². The van der Waals surface area contributed by atoms with E-state index in [0.717, 1.165) is 5.56 Å². The standard InChI is InChI=1S/C16H24N2O4/c1-6-11(3)13(14(20)21)17-15(22)16(4,5)18-9-10(2)7-8-12(18)19/h7-9,11,13H,6H2,1-5H3,(H,17,22)(H,20,21). The van der Waals surface area contributed by atoms with Gasteiger partial charge in [0.05, 0.1) is 0 Å². The lowest BCUT2D eigenvalue weighted by molar-refractivity contribution is -0.144. The summed E-state index contributed by atoms with van der Waals surface area (Å²) < 4.78 is 1.33. The Morgan fingerprint density at radius 1 is 1.36 bits per heavy atom. The topological polar surface area (TPSA) is 88.4 Å². The number of pyridine rings is 1. The number of aromatic nitrogens is 1. The number of carbonyl (C=O) groups is 2. The van der Waals surface area contributed by atoms with Crippen LogP contribution in [0.1, 0.15) is 39.7 Å². The fourth-order valence-electron chi connectivity index (χ4n) is 2.14. The Morgan fingerprint density at radius 3 is 2.45 bits per heavy atom. The monoisotopic (exact) mass is 308 g/mol. The molecule has 1 heterocycles. The van der Waals surface area contributed by atoms with Gasteiger partial charge >= 0.3 is 5.97 Å². The number of hydrogen-bond acceptors (Lipinski definition) is 3. The van der Waals surface area contributed by atoms with Gasteiger partial charge in [-0.3, -0.25) is 9.59 Å². The van der Waals surface area contributed by atoms with E-state index in [1.165, 1.54) is 10.6 Å². The summed E-state index contributed by atoms with van der Waals surface area (Å²) in [5.74, 6) is -1.77. The van der Waals surface area contributed by atoms with Gasteiger partial charge in [0.15, 0.2) is 0 Å². The molecule has 2 N–H and O–H groups in total. The van der Waals surface area contributed by atoms with Crippen LogP contribution in [-0.4, -0.2) is 27.6 Å². The number of carboxylic acid groups (broad SMARTS) is 1. The van der Waals surface area contributed by atoms with Crippen LogP contribution in [0.3, 0.4) is 0 Å². The van der Waals surface area contributed by atoms with Crippen molar-refractivity contribution in [1.29, 1.82) is 0 Å². The van der Waals surface area contributed by atoms with Crippen LogP contribution in [0.2, 0.25) is 0 Å². The van der Waals surface area contributed by atoms with Gasteiger partial charge in [-0.2, -0.15) is 0 Å². The van der Waals surface area contributed by atoms with E-state index < -0.39 is 23.5 Å². The van der Waals surface area contributed by atoms with Crippen molar-refractivity contribution in [2.24, 2.45) is 5.92 Å². The van der Waals surface area contributed by atoms with Crippen molar-refractivity contribution < 1.29 is 14.7 Å². The Balaban J connectivity index is 3.11. The zero-order valence-electron chi connectivity index (χ0n) is 13.7. The maximum atomic E-state index is 12.5. The first-order valence-corrected chi connectivity index (χ1v) is 7.34. The molecule has 0 aromatic carbocycles. The Bertz CT molecular complexity index is 619. The number of carboxylic acids is 1. The molecule has 6 nitrogen and oxygen atoms in total. The van der Waals surface area contributed by atoms with E-state index in [1.807, 2.05) is 13.8 Å². The van der Waals surface area contributed by atoms with Gasteiger partial charge in [0.1, 0.15) is 11.6 Å². The molecule has 6 heteroatoms.